The van der Waals surface area contributed by atoms with E-state index in [2.05, 4.69) is 17.2 Å². The van der Waals surface area contributed by atoms with Gasteiger partial charge in [-0.15, -0.1) is 0 Å². The Morgan fingerprint density at radius 3 is 3.05 bits per heavy atom. The van der Waals surface area contributed by atoms with Crippen molar-refractivity contribution < 1.29 is 14.7 Å². The highest BCUT2D eigenvalue weighted by atomic mass is 16.2. The average Bonchev–Trinajstić information content (AvgIpc) is 2.72. The number of rotatable bonds is 2. The smallest absolute Gasteiger partial charge is 0.253 e. The van der Waals surface area contributed by atoms with Gasteiger partial charge < -0.3 is 15.3 Å². The number of hydrogen-bond acceptors (Lipinski definition) is 3. The molecule has 2 rings (SSSR count). The van der Waals surface area contributed by atoms with Gasteiger partial charge in [0.25, 0.3) is 5.91 Å². The van der Waals surface area contributed by atoms with Gasteiger partial charge >= 0.3 is 0 Å². The Bertz CT molecular complexity index is 587. The van der Waals surface area contributed by atoms with Crippen LogP contribution < -0.4 is 5.32 Å². The van der Waals surface area contributed by atoms with Gasteiger partial charge in [-0.05, 0) is 18.2 Å². The lowest BCUT2D eigenvalue weighted by molar-refractivity contribution is -0.120. The van der Waals surface area contributed by atoms with Crippen molar-refractivity contribution in [3.8, 4) is 11.8 Å². The molecule has 1 aliphatic heterocycles. The average molecular weight is 286 g/mol. The van der Waals surface area contributed by atoms with Crippen LogP contribution in [0, 0.1) is 11.8 Å². The summed E-state index contributed by atoms with van der Waals surface area (Å²) in [5, 5.41) is 11.5. The van der Waals surface area contributed by atoms with Crippen LogP contribution in [0.1, 0.15) is 28.8 Å². The third-order valence-corrected chi connectivity index (χ3v) is 3.18. The van der Waals surface area contributed by atoms with Gasteiger partial charge in [0.05, 0.1) is 6.61 Å². The first-order chi connectivity index (χ1) is 10.2. The monoisotopic (exact) mass is 286 g/mol. The summed E-state index contributed by atoms with van der Waals surface area (Å²) in [6.07, 6.45) is 0.750. The van der Waals surface area contributed by atoms with E-state index in [1.807, 2.05) is 6.07 Å². The number of aliphatic hydroxyl groups is 1. The Morgan fingerprint density at radius 2 is 2.24 bits per heavy atom. The number of benzene rings is 1. The van der Waals surface area contributed by atoms with E-state index in [9.17, 15) is 9.59 Å². The maximum absolute atomic E-state index is 12.4. The van der Waals surface area contributed by atoms with E-state index in [0.717, 1.165) is 5.56 Å². The van der Waals surface area contributed by atoms with Crippen LogP contribution in [0.5, 0.6) is 0 Å². The van der Waals surface area contributed by atoms with Crippen molar-refractivity contribution in [2.45, 2.75) is 12.8 Å². The van der Waals surface area contributed by atoms with E-state index in [4.69, 9.17) is 5.11 Å². The lowest BCUT2D eigenvalue weighted by Crippen LogP contribution is -2.34. The molecule has 0 radical (unpaired) electrons. The standard InChI is InChI=1S/C16H18N2O3/c19-11-2-1-4-13-5-3-6-14(12-13)16(21)18-9-7-15(20)17-8-10-18/h3,5-6,12,19H,2,7-11H2,(H,17,20). The Kier molecular flexibility index (Phi) is 5.35. The van der Waals surface area contributed by atoms with Gasteiger partial charge in [-0.3, -0.25) is 9.59 Å². The fourth-order valence-electron chi connectivity index (χ4n) is 2.10. The molecule has 0 unspecified atom stereocenters. The highest BCUT2D eigenvalue weighted by molar-refractivity contribution is 5.95. The van der Waals surface area contributed by atoms with Crippen LogP contribution >= 0.6 is 0 Å². The van der Waals surface area contributed by atoms with Gasteiger partial charge in [-0.1, -0.05) is 17.9 Å². The molecule has 110 valence electrons. The molecule has 0 aromatic heterocycles. The predicted molar refractivity (Wildman–Crippen MR) is 78.6 cm³/mol. The van der Waals surface area contributed by atoms with Crippen molar-refractivity contribution in [1.29, 1.82) is 0 Å². The lowest BCUT2D eigenvalue weighted by atomic mass is 10.1. The first-order valence-corrected chi connectivity index (χ1v) is 6.96. The van der Waals surface area contributed by atoms with Crippen molar-refractivity contribution in [3.05, 3.63) is 35.4 Å². The predicted octanol–water partition coefficient (Wildman–Crippen LogP) is 0.383. The number of aliphatic hydroxyl groups excluding tert-OH is 1. The van der Waals surface area contributed by atoms with Gasteiger partial charge in [-0.25, -0.2) is 0 Å². The van der Waals surface area contributed by atoms with E-state index in [1.165, 1.54) is 0 Å². The summed E-state index contributed by atoms with van der Waals surface area (Å²) >= 11 is 0. The van der Waals surface area contributed by atoms with E-state index >= 15 is 0 Å². The molecular weight excluding hydrogens is 268 g/mol. The highest BCUT2D eigenvalue weighted by Gasteiger charge is 2.19. The van der Waals surface area contributed by atoms with Gasteiger partial charge in [0, 0.05) is 43.6 Å². The quantitative estimate of drug-likeness (QED) is 0.772. The second-order valence-electron chi connectivity index (χ2n) is 4.75. The Balaban J connectivity index is 2.10. The first-order valence-electron chi connectivity index (χ1n) is 6.96. The maximum Gasteiger partial charge on any atom is 0.253 e. The van der Waals surface area contributed by atoms with Gasteiger partial charge in [-0.2, -0.15) is 0 Å². The summed E-state index contributed by atoms with van der Waals surface area (Å²) in [5.41, 5.74) is 1.32. The van der Waals surface area contributed by atoms with E-state index in [0.29, 0.717) is 38.0 Å². The number of nitrogens with one attached hydrogen (secondary N) is 1. The zero-order valence-corrected chi connectivity index (χ0v) is 11.8. The van der Waals surface area contributed by atoms with Crippen LogP contribution in [0.15, 0.2) is 24.3 Å². The molecule has 21 heavy (non-hydrogen) atoms. The number of nitrogens with zero attached hydrogens (tertiary/aromatic N) is 1. The molecule has 1 aliphatic rings. The van der Waals surface area contributed by atoms with Crippen LogP contribution in [-0.2, 0) is 4.79 Å². The molecule has 0 atom stereocenters. The van der Waals surface area contributed by atoms with Gasteiger partial charge in [0.1, 0.15) is 0 Å². The normalized spacial score (nSPS) is 14.7. The number of amides is 2. The zero-order valence-electron chi connectivity index (χ0n) is 11.8. The van der Waals surface area contributed by atoms with Gasteiger partial charge in [0.15, 0.2) is 0 Å². The SMILES string of the molecule is O=C1CCN(C(=O)c2cccc(C#CCCO)c2)CCN1. The zero-order chi connectivity index (χ0) is 15.1. The van der Waals surface area contributed by atoms with Crippen molar-refractivity contribution in [2.75, 3.05) is 26.2 Å². The van der Waals surface area contributed by atoms with Crippen molar-refractivity contribution in [1.82, 2.24) is 10.2 Å². The number of hydrogen-bond donors (Lipinski definition) is 2. The maximum atomic E-state index is 12.4. The van der Waals surface area contributed by atoms with Crippen LogP contribution in [0.2, 0.25) is 0 Å². The summed E-state index contributed by atoms with van der Waals surface area (Å²) in [6.45, 7) is 1.47. The molecule has 1 saturated heterocycles. The summed E-state index contributed by atoms with van der Waals surface area (Å²) in [5.74, 6) is 5.64. The van der Waals surface area contributed by atoms with Gasteiger partial charge in [0.2, 0.25) is 5.91 Å². The molecule has 2 amide bonds. The number of carbonyl (C=O) groups is 2. The summed E-state index contributed by atoms with van der Waals surface area (Å²) in [4.78, 5) is 25.4. The molecule has 1 aromatic rings. The molecule has 0 bridgehead atoms. The minimum atomic E-state index is -0.0858. The fourth-order valence-corrected chi connectivity index (χ4v) is 2.10. The van der Waals surface area contributed by atoms with E-state index in [1.54, 1.807) is 23.1 Å². The lowest BCUT2D eigenvalue weighted by Gasteiger charge is -2.19. The third kappa shape index (κ3) is 4.33. The molecule has 0 aliphatic carbocycles. The van der Waals surface area contributed by atoms with Crippen molar-refractivity contribution in [2.24, 2.45) is 0 Å². The summed E-state index contributed by atoms with van der Waals surface area (Å²) in [6, 6.07) is 7.11. The molecule has 1 fully saturated rings. The Morgan fingerprint density at radius 1 is 1.38 bits per heavy atom. The molecule has 2 N–H and O–H groups in total. The van der Waals surface area contributed by atoms with Crippen molar-refractivity contribution >= 4 is 11.8 Å². The molecule has 1 aromatic carbocycles. The fraction of sp³-hybridized carbons (Fsp3) is 0.375. The second kappa shape index (κ2) is 7.46. The molecular formula is C16H18N2O3. The highest BCUT2D eigenvalue weighted by Crippen LogP contribution is 2.09. The van der Waals surface area contributed by atoms with Crippen molar-refractivity contribution in [3.63, 3.8) is 0 Å². The van der Waals surface area contributed by atoms with Crippen LogP contribution in [-0.4, -0.2) is 48.1 Å². The van der Waals surface area contributed by atoms with Crippen LogP contribution in [0.25, 0.3) is 0 Å². The Hall–Kier alpha value is -2.32. The van der Waals surface area contributed by atoms with Crippen LogP contribution in [0.4, 0.5) is 0 Å². The second-order valence-corrected chi connectivity index (χ2v) is 4.75. The topological polar surface area (TPSA) is 69.6 Å². The van der Waals surface area contributed by atoms with E-state index in [-0.39, 0.29) is 18.4 Å². The minimum absolute atomic E-state index is 0.0195. The first kappa shape index (κ1) is 15.1. The summed E-state index contributed by atoms with van der Waals surface area (Å²) < 4.78 is 0. The molecule has 5 heteroatoms. The molecule has 1 heterocycles. The summed E-state index contributed by atoms with van der Waals surface area (Å²) in [7, 11) is 0. The largest absolute Gasteiger partial charge is 0.395 e. The molecule has 0 spiro atoms. The minimum Gasteiger partial charge on any atom is -0.395 e. The Labute approximate surface area is 124 Å². The van der Waals surface area contributed by atoms with Crippen LogP contribution in [0.3, 0.4) is 0 Å². The molecule has 5 nitrogen and oxygen atoms in total. The number of carbonyl (C=O) groups excluding carboxylic acids is 2. The molecule has 0 saturated carbocycles. The van der Waals surface area contributed by atoms with E-state index < -0.39 is 0 Å². The third-order valence-electron chi connectivity index (χ3n) is 3.18.